The molecule has 1 N–H and O–H groups in total. The van der Waals surface area contributed by atoms with Crippen LogP contribution in [0, 0.1) is 17.5 Å². The van der Waals surface area contributed by atoms with Crippen molar-refractivity contribution in [2.24, 2.45) is 0 Å². The molecule has 1 heterocycles. The third-order valence-corrected chi connectivity index (χ3v) is 4.43. The minimum absolute atomic E-state index is 0.0116. The lowest BCUT2D eigenvalue weighted by molar-refractivity contribution is 0.0943. The first-order valence-corrected chi connectivity index (χ1v) is 7.97. The number of carbonyl (C=O) groups excluding carboxylic acids is 1. The largest absolute Gasteiger partial charge is 0.340 e. The summed E-state index contributed by atoms with van der Waals surface area (Å²) in [5.41, 5.74) is 0.701. The number of nitrogens with one attached hydrogen (secondary N) is 1. The molecule has 24 heavy (non-hydrogen) atoms. The molecule has 0 bridgehead atoms. The van der Waals surface area contributed by atoms with Crippen LogP contribution < -0.4 is 5.32 Å². The molecule has 2 aromatic carbocycles. The van der Waals surface area contributed by atoms with E-state index in [9.17, 15) is 18.0 Å². The van der Waals surface area contributed by atoms with Crippen molar-refractivity contribution in [2.45, 2.75) is 6.04 Å². The van der Waals surface area contributed by atoms with E-state index < -0.39 is 23.6 Å². The molecule has 6 heteroatoms. The van der Waals surface area contributed by atoms with Gasteiger partial charge in [0.1, 0.15) is 5.82 Å². The van der Waals surface area contributed by atoms with Gasteiger partial charge in [-0.15, -0.1) is 11.3 Å². The van der Waals surface area contributed by atoms with Gasteiger partial charge in [0.15, 0.2) is 11.6 Å². The molecule has 2 nitrogen and oxygen atoms in total. The molecule has 0 aliphatic rings. The second-order valence-electron chi connectivity index (χ2n) is 5.10. The van der Waals surface area contributed by atoms with Gasteiger partial charge in [-0.25, -0.2) is 13.2 Å². The predicted molar refractivity (Wildman–Crippen MR) is 86.4 cm³/mol. The topological polar surface area (TPSA) is 29.1 Å². The van der Waals surface area contributed by atoms with Gasteiger partial charge in [0.25, 0.3) is 5.91 Å². The van der Waals surface area contributed by atoms with E-state index in [2.05, 4.69) is 5.32 Å². The standard InChI is InChI=1S/C18H12F3NOS/c19-13-6-3-11(4-7-13)17(16-2-1-9-24-16)22-18(23)12-5-8-14(20)15(21)10-12/h1-10,17H,(H,22,23). The second kappa shape index (κ2) is 6.88. The molecular weight excluding hydrogens is 335 g/mol. The molecule has 1 amide bonds. The van der Waals surface area contributed by atoms with Gasteiger partial charge in [0.05, 0.1) is 6.04 Å². The number of hydrogen-bond acceptors (Lipinski definition) is 2. The molecule has 0 aliphatic carbocycles. The maximum Gasteiger partial charge on any atom is 0.252 e. The van der Waals surface area contributed by atoms with Crippen molar-refractivity contribution in [3.05, 3.63) is 93.4 Å². The Labute approximate surface area is 140 Å². The summed E-state index contributed by atoms with van der Waals surface area (Å²) in [5, 5.41) is 4.63. The Bertz CT molecular complexity index is 847. The van der Waals surface area contributed by atoms with Crippen molar-refractivity contribution in [3.8, 4) is 0 Å². The normalized spacial score (nSPS) is 12.0. The number of thiophene rings is 1. The molecule has 3 aromatic rings. The van der Waals surface area contributed by atoms with E-state index in [1.807, 2.05) is 17.5 Å². The van der Waals surface area contributed by atoms with E-state index in [0.717, 1.165) is 17.0 Å². The lowest BCUT2D eigenvalue weighted by Gasteiger charge is -2.18. The van der Waals surface area contributed by atoms with Gasteiger partial charge in [-0.2, -0.15) is 0 Å². The molecular formula is C18H12F3NOS. The fourth-order valence-electron chi connectivity index (χ4n) is 2.28. The van der Waals surface area contributed by atoms with Crippen LogP contribution in [0.25, 0.3) is 0 Å². The highest BCUT2D eigenvalue weighted by atomic mass is 32.1. The highest BCUT2D eigenvalue weighted by molar-refractivity contribution is 7.10. The van der Waals surface area contributed by atoms with Crippen molar-refractivity contribution in [1.82, 2.24) is 5.32 Å². The molecule has 122 valence electrons. The first-order valence-electron chi connectivity index (χ1n) is 7.09. The van der Waals surface area contributed by atoms with Gasteiger partial charge in [0, 0.05) is 10.4 Å². The third-order valence-electron chi connectivity index (χ3n) is 3.49. The Kier molecular flexibility index (Phi) is 4.66. The molecule has 0 saturated carbocycles. The molecule has 0 saturated heterocycles. The van der Waals surface area contributed by atoms with Crippen LogP contribution in [-0.4, -0.2) is 5.91 Å². The van der Waals surface area contributed by atoms with Gasteiger partial charge < -0.3 is 5.32 Å². The number of benzene rings is 2. The third kappa shape index (κ3) is 3.49. The van der Waals surface area contributed by atoms with Gasteiger partial charge >= 0.3 is 0 Å². The lowest BCUT2D eigenvalue weighted by Crippen LogP contribution is -2.29. The quantitative estimate of drug-likeness (QED) is 0.729. The number of amides is 1. The predicted octanol–water partition coefficient (Wildman–Crippen LogP) is 4.68. The summed E-state index contributed by atoms with van der Waals surface area (Å²) in [6, 6.07) is 11.9. The van der Waals surface area contributed by atoms with Gasteiger partial charge in [-0.3, -0.25) is 4.79 Å². The molecule has 0 spiro atoms. The maximum absolute atomic E-state index is 13.3. The lowest BCUT2D eigenvalue weighted by atomic mass is 10.0. The number of rotatable bonds is 4. The van der Waals surface area contributed by atoms with Crippen molar-refractivity contribution in [1.29, 1.82) is 0 Å². The molecule has 1 unspecified atom stereocenters. The fourth-order valence-corrected chi connectivity index (χ4v) is 3.08. The van der Waals surface area contributed by atoms with Crippen LogP contribution in [-0.2, 0) is 0 Å². The van der Waals surface area contributed by atoms with Crippen LogP contribution in [0.3, 0.4) is 0 Å². The SMILES string of the molecule is O=C(NC(c1ccc(F)cc1)c1cccs1)c1ccc(F)c(F)c1. The van der Waals surface area contributed by atoms with Crippen LogP contribution in [0.1, 0.15) is 26.8 Å². The first-order chi connectivity index (χ1) is 11.5. The Balaban J connectivity index is 1.90. The summed E-state index contributed by atoms with van der Waals surface area (Å²) in [6.07, 6.45) is 0. The van der Waals surface area contributed by atoms with E-state index in [1.54, 1.807) is 12.1 Å². The Morgan fingerprint density at radius 1 is 0.958 bits per heavy atom. The number of halogens is 3. The Morgan fingerprint density at radius 2 is 1.71 bits per heavy atom. The maximum atomic E-state index is 13.3. The van der Waals surface area contributed by atoms with Crippen molar-refractivity contribution in [3.63, 3.8) is 0 Å². The second-order valence-corrected chi connectivity index (χ2v) is 6.08. The van der Waals surface area contributed by atoms with Gasteiger partial charge in [-0.05, 0) is 47.3 Å². The van der Waals surface area contributed by atoms with Crippen LogP contribution in [0.15, 0.2) is 60.0 Å². The summed E-state index contributed by atoms with van der Waals surface area (Å²) >= 11 is 1.43. The Hall–Kier alpha value is -2.60. The Morgan fingerprint density at radius 3 is 2.33 bits per heavy atom. The van der Waals surface area contributed by atoms with E-state index >= 15 is 0 Å². The molecule has 0 radical (unpaired) electrons. The first kappa shape index (κ1) is 16.3. The zero-order chi connectivity index (χ0) is 17.1. The molecule has 1 aromatic heterocycles. The van der Waals surface area contributed by atoms with E-state index in [1.165, 1.54) is 29.5 Å². The van der Waals surface area contributed by atoms with Crippen molar-refractivity contribution >= 4 is 17.2 Å². The smallest absolute Gasteiger partial charge is 0.252 e. The molecule has 3 rings (SSSR count). The minimum atomic E-state index is -1.09. The molecule has 1 atom stereocenters. The van der Waals surface area contributed by atoms with E-state index in [0.29, 0.717) is 5.56 Å². The summed E-state index contributed by atoms with van der Waals surface area (Å²) in [4.78, 5) is 13.2. The van der Waals surface area contributed by atoms with Crippen LogP contribution >= 0.6 is 11.3 Å². The fraction of sp³-hybridized carbons (Fsp3) is 0.0556. The van der Waals surface area contributed by atoms with Gasteiger partial charge in [-0.1, -0.05) is 18.2 Å². The average molecular weight is 347 g/mol. The summed E-state index contributed by atoms with van der Waals surface area (Å²) in [6.45, 7) is 0. The van der Waals surface area contributed by atoms with Gasteiger partial charge in [0.2, 0.25) is 0 Å². The molecule has 0 fully saturated rings. The number of carbonyl (C=O) groups is 1. The zero-order valence-electron chi connectivity index (χ0n) is 12.3. The van der Waals surface area contributed by atoms with E-state index in [-0.39, 0.29) is 11.4 Å². The zero-order valence-corrected chi connectivity index (χ0v) is 13.1. The summed E-state index contributed by atoms with van der Waals surface area (Å²) in [7, 11) is 0. The van der Waals surface area contributed by atoms with Crippen LogP contribution in [0.4, 0.5) is 13.2 Å². The van der Waals surface area contributed by atoms with E-state index in [4.69, 9.17) is 0 Å². The number of hydrogen-bond donors (Lipinski definition) is 1. The minimum Gasteiger partial charge on any atom is -0.340 e. The van der Waals surface area contributed by atoms with Crippen LogP contribution in [0.5, 0.6) is 0 Å². The molecule has 0 aliphatic heterocycles. The van der Waals surface area contributed by atoms with Crippen molar-refractivity contribution in [2.75, 3.05) is 0 Å². The monoisotopic (exact) mass is 347 g/mol. The van der Waals surface area contributed by atoms with Crippen LogP contribution in [0.2, 0.25) is 0 Å². The highest BCUT2D eigenvalue weighted by Gasteiger charge is 2.19. The highest BCUT2D eigenvalue weighted by Crippen LogP contribution is 2.26. The van der Waals surface area contributed by atoms with Crippen molar-refractivity contribution < 1.29 is 18.0 Å². The summed E-state index contributed by atoms with van der Waals surface area (Å²) < 4.78 is 39.5. The average Bonchev–Trinajstić information content (AvgIpc) is 3.10. The summed E-state index contributed by atoms with van der Waals surface area (Å²) in [5.74, 6) is -3.02.